The number of hydrogen-bond donors (Lipinski definition) is 0. The number of rotatable bonds is 6. The minimum absolute atomic E-state index is 0.0220. The third-order valence-corrected chi connectivity index (χ3v) is 5.16. The normalized spacial score (nSPS) is 15.0. The second-order valence-electron chi connectivity index (χ2n) is 6.78. The van der Waals surface area contributed by atoms with Gasteiger partial charge in [0.05, 0.1) is 6.61 Å². The van der Waals surface area contributed by atoms with E-state index in [1.165, 1.54) is 11.8 Å². The summed E-state index contributed by atoms with van der Waals surface area (Å²) in [6.45, 7) is 5.33. The van der Waals surface area contributed by atoms with E-state index in [4.69, 9.17) is 16.3 Å². The predicted molar refractivity (Wildman–Crippen MR) is 120 cm³/mol. The van der Waals surface area contributed by atoms with E-state index < -0.39 is 5.97 Å². The van der Waals surface area contributed by atoms with Crippen molar-refractivity contribution in [3.8, 4) is 6.07 Å². The van der Waals surface area contributed by atoms with E-state index in [0.29, 0.717) is 5.02 Å². The number of carbonyl (C=O) groups is 1. The van der Waals surface area contributed by atoms with Crippen LogP contribution in [0.2, 0.25) is 5.02 Å². The Morgan fingerprint density at radius 3 is 2.33 bits per heavy atom. The van der Waals surface area contributed by atoms with Crippen molar-refractivity contribution in [2.75, 3.05) is 37.7 Å². The molecule has 0 unspecified atom stereocenters. The molecule has 0 aromatic heterocycles. The number of ether oxygens (including phenoxy) is 1. The van der Waals surface area contributed by atoms with Gasteiger partial charge in [0, 0.05) is 42.6 Å². The molecule has 1 heterocycles. The molecule has 0 spiro atoms. The smallest absolute Gasteiger partial charge is 0.348 e. The number of nitrogens with zero attached hydrogens (tertiary/aromatic N) is 3. The number of para-hydroxylation sites is 1. The van der Waals surface area contributed by atoms with Gasteiger partial charge < -0.3 is 14.5 Å². The summed E-state index contributed by atoms with van der Waals surface area (Å²) >= 11 is 6.06. The third kappa shape index (κ3) is 5.43. The predicted octanol–water partition coefficient (Wildman–Crippen LogP) is 4.52. The van der Waals surface area contributed by atoms with Crippen LogP contribution in [0.25, 0.3) is 5.70 Å². The summed E-state index contributed by atoms with van der Waals surface area (Å²) in [7, 11) is 0. The molecule has 2 aromatic rings. The van der Waals surface area contributed by atoms with E-state index in [0.717, 1.165) is 37.4 Å². The number of piperazine rings is 1. The molecule has 1 saturated heterocycles. The van der Waals surface area contributed by atoms with E-state index in [9.17, 15) is 10.1 Å². The molecular weight excluding hydrogens is 398 g/mol. The zero-order valence-corrected chi connectivity index (χ0v) is 17.7. The summed E-state index contributed by atoms with van der Waals surface area (Å²) in [6, 6.07) is 19.8. The Morgan fingerprint density at radius 1 is 1.07 bits per heavy atom. The largest absolute Gasteiger partial charge is 0.462 e. The van der Waals surface area contributed by atoms with Crippen molar-refractivity contribution in [1.29, 1.82) is 5.26 Å². The van der Waals surface area contributed by atoms with Crippen molar-refractivity contribution in [1.82, 2.24) is 4.90 Å². The highest BCUT2D eigenvalue weighted by Gasteiger charge is 2.20. The maximum Gasteiger partial charge on any atom is 0.348 e. The van der Waals surface area contributed by atoms with Crippen molar-refractivity contribution in [3.63, 3.8) is 0 Å². The molecule has 3 rings (SSSR count). The highest BCUT2D eigenvalue weighted by Crippen LogP contribution is 2.25. The highest BCUT2D eigenvalue weighted by atomic mass is 35.5. The summed E-state index contributed by atoms with van der Waals surface area (Å²) in [5.41, 5.74) is 3.11. The highest BCUT2D eigenvalue weighted by molar-refractivity contribution is 6.30. The zero-order chi connectivity index (χ0) is 21.3. The van der Waals surface area contributed by atoms with E-state index in [1.54, 1.807) is 6.92 Å². The number of benzene rings is 2. The van der Waals surface area contributed by atoms with Crippen LogP contribution in [0, 0.1) is 11.3 Å². The Balaban J connectivity index is 1.84. The van der Waals surface area contributed by atoms with Gasteiger partial charge >= 0.3 is 5.97 Å². The van der Waals surface area contributed by atoms with Crippen LogP contribution in [0.4, 0.5) is 5.69 Å². The minimum Gasteiger partial charge on any atom is -0.462 e. The van der Waals surface area contributed by atoms with Gasteiger partial charge in [-0.25, -0.2) is 4.79 Å². The van der Waals surface area contributed by atoms with Crippen LogP contribution in [0.15, 0.2) is 72.3 Å². The fourth-order valence-corrected chi connectivity index (χ4v) is 3.50. The first-order chi connectivity index (χ1) is 14.6. The van der Waals surface area contributed by atoms with Gasteiger partial charge in [0.15, 0.2) is 0 Å². The monoisotopic (exact) mass is 421 g/mol. The maximum absolute atomic E-state index is 12.0. The minimum atomic E-state index is -0.611. The molecule has 1 aliphatic heterocycles. The molecule has 0 radical (unpaired) electrons. The van der Waals surface area contributed by atoms with Crippen molar-refractivity contribution in [2.24, 2.45) is 0 Å². The molecule has 1 aliphatic rings. The summed E-state index contributed by atoms with van der Waals surface area (Å²) in [5, 5.41) is 9.99. The summed E-state index contributed by atoms with van der Waals surface area (Å²) in [4.78, 5) is 16.6. The molecule has 30 heavy (non-hydrogen) atoms. The van der Waals surface area contributed by atoms with Gasteiger partial charge in [-0.15, -0.1) is 0 Å². The average molecular weight is 422 g/mol. The second kappa shape index (κ2) is 10.5. The van der Waals surface area contributed by atoms with Crippen molar-refractivity contribution < 1.29 is 9.53 Å². The first-order valence-corrected chi connectivity index (χ1v) is 10.3. The van der Waals surface area contributed by atoms with Gasteiger partial charge in [0.2, 0.25) is 0 Å². The molecule has 2 aromatic carbocycles. The van der Waals surface area contributed by atoms with Crippen LogP contribution in [-0.4, -0.2) is 43.7 Å². The molecule has 0 atom stereocenters. The van der Waals surface area contributed by atoms with E-state index in [-0.39, 0.29) is 12.2 Å². The Hall–Kier alpha value is -3.23. The number of carbonyl (C=O) groups excluding carboxylic acids is 1. The fraction of sp³-hybridized carbons (Fsp3) is 0.250. The molecule has 0 amide bonds. The lowest BCUT2D eigenvalue weighted by molar-refractivity contribution is -0.138. The molecule has 0 aliphatic carbocycles. The Bertz CT molecular complexity index is 954. The summed E-state index contributed by atoms with van der Waals surface area (Å²) < 4.78 is 4.96. The van der Waals surface area contributed by atoms with E-state index in [2.05, 4.69) is 21.9 Å². The molecule has 1 fully saturated rings. The zero-order valence-electron chi connectivity index (χ0n) is 16.9. The van der Waals surface area contributed by atoms with Crippen LogP contribution in [-0.2, 0) is 9.53 Å². The van der Waals surface area contributed by atoms with Gasteiger partial charge in [0.25, 0.3) is 0 Å². The molecule has 0 saturated carbocycles. The van der Waals surface area contributed by atoms with Crippen molar-refractivity contribution in [3.05, 3.63) is 82.9 Å². The quantitative estimate of drug-likeness (QED) is 0.297. The topological polar surface area (TPSA) is 56.6 Å². The molecule has 0 N–H and O–H groups in total. The lowest BCUT2D eigenvalue weighted by Gasteiger charge is -2.38. The Labute approximate surface area is 182 Å². The van der Waals surface area contributed by atoms with Gasteiger partial charge in [-0.05, 0) is 48.9 Å². The Kier molecular flexibility index (Phi) is 7.53. The molecule has 154 valence electrons. The van der Waals surface area contributed by atoms with Gasteiger partial charge in [-0.3, -0.25) is 0 Å². The summed E-state index contributed by atoms with van der Waals surface area (Å²) in [5.74, 6) is -0.611. The van der Waals surface area contributed by atoms with Crippen LogP contribution in [0.3, 0.4) is 0 Å². The van der Waals surface area contributed by atoms with Crippen LogP contribution >= 0.6 is 11.6 Å². The number of esters is 1. The molecule has 0 bridgehead atoms. The van der Waals surface area contributed by atoms with Gasteiger partial charge in [0.1, 0.15) is 11.6 Å². The fourth-order valence-electron chi connectivity index (χ4n) is 3.37. The lowest BCUT2D eigenvalue weighted by Crippen LogP contribution is -2.45. The third-order valence-electron chi connectivity index (χ3n) is 4.91. The van der Waals surface area contributed by atoms with Gasteiger partial charge in [-0.2, -0.15) is 5.26 Å². The number of allylic oxidation sites excluding steroid dienone is 2. The van der Waals surface area contributed by atoms with Gasteiger partial charge in [-0.1, -0.05) is 41.9 Å². The van der Waals surface area contributed by atoms with Crippen LogP contribution in [0.1, 0.15) is 12.5 Å². The molecule has 5 nitrogen and oxygen atoms in total. The SMILES string of the molecule is CCOC(=O)/C(C#N)=C/C=C(/c1ccc(Cl)cc1)N1CCN(c2ccccc2)CC1. The number of anilines is 1. The molecular formula is C24H24ClN3O2. The molecule has 6 heteroatoms. The first kappa shape index (κ1) is 21.5. The van der Waals surface area contributed by atoms with Crippen LogP contribution in [0.5, 0.6) is 0 Å². The standard InChI is InChI=1S/C24H24ClN3O2/c1-2-30-24(29)20(18-26)10-13-23(19-8-11-21(25)12-9-19)28-16-14-27(15-17-28)22-6-4-3-5-7-22/h3-13H,2,14-17H2,1H3/b20-10+,23-13-. The van der Waals surface area contributed by atoms with Crippen molar-refractivity contribution >= 4 is 29.0 Å². The van der Waals surface area contributed by atoms with Crippen LogP contribution < -0.4 is 4.90 Å². The average Bonchev–Trinajstić information content (AvgIpc) is 2.79. The van der Waals surface area contributed by atoms with E-state index in [1.807, 2.05) is 54.6 Å². The van der Waals surface area contributed by atoms with Crippen molar-refractivity contribution in [2.45, 2.75) is 6.92 Å². The maximum atomic E-state index is 12.0. The summed E-state index contributed by atoms with van der Waals surface area (Å²) in [6.07, 6.45) is 3.35. The van der Waals surface area contributed by atoms with E-state index >= 15 is 0 Å². The first-order valence-electron chi connectivity index (χ1n) is 9.92. The number of nitriles is 1. The lowest BCUT2D eigenvalue weighted by atomic mass is 10.1. The second-order valence-corrected chi connectivity index (χ2v) is 7.22. The Morgan fingerprint density at radius 2 is 1.73 bits per heavy atom. The number of halogens is 1. The number of hydrogen-bond acceptors (Lipinski definition) is 5.